The third-order valence-corrected chi connectivity index (χ3v) is 5.81. The van der Waals surface area contributed by atoms with Crippen molar-refractivity contribution in [3.8, 4) is 0 Å². The van der Waals surface area contributed by atoms with Crippen molar-refractivity contribution in [1.82, 2.24) is 14.8 Å². The number of nitrogens with zero attached hydrogens (tertiary/aromatic N) is 4. The standard InChI is InChI=1S/C18H17F3N6O4S/c1-7-6-10(18(19,20)21)23-17-12(7)13(15(32-17)16(22)29)24-11(28)4-5-26-9(3)14(27(30)31)8(2)25-26/h6H,4-5H2,1-3H3,(H2,22,29)(H,24,28). The van der Waals surface area contributed by atoms with Gasteiger partial charge < -0.3 is 11.1 Å². The van der Waals surface area contributed by atoms with Crippen LogP contribution in [0.25, 0.3) is 10.2 Å². The summed E-state index contributed by atoms with van der Waals surface area (Å²) in [6.45, 7) is 4.39. The third-order valence-electron chi connectivity index (χ3n) is 4.71. The summed E-state index contributed by atoms with van der Waals surface area (Å²) >= 11 is 0.651. The van der Waals surface area contributed by atoms with E-state index in [-0.39, 0.29) is 56.4 Å². The van der Waals surface area contributed by atoms with Gasteiger partial charge in [0, 0.05) is 11.8 Å². The van der Waals surface area contributed by atoms with Gasteiger partial charge in [0.25, 0.3) is 5.91 Å². The molecule has 3 aromatic rings. The normalized spacial score (nSPS) is 11.7. The van der Waals surface area contributed by atoms with Crippen LogP contribution in [0.1, 0.15) is 38.7 Å². The summed E-state index contributed by atoms with van der Waals surface area (Å²) in [5.41, 5.74) is 4.72. The fourth-order valence-corrected chi connectivity index (χ4v) is 4.36. The van der Waals surface area contributed by atoms with Gasteiger partial charge >= 0.3 is 11.9 Å². The van der Waals surface area contributed by atoms with Crippen LogP contribution in [-0.2, 0) is 17.5 Å². The fraction of sp³-hybridized carbons (Fsp3) is 0.333. The number of primary amides is 1. The Labute approximate surface area is 182 Å². The minimum atomic E-state index is -4.68. The minimum absolute atomic E-state index is 0.00970. The summed E-state index contributed by atoms with van der Waals surface area (Å²) in [5, 5.41) is 17.9. The van der Waals surface area contributed by atoms with Crippen LogP contribution in [-0.4, -0.2) is 31.5 Å². The molecule has 3 aromatic heterocycles. The number of carbonyl (C=O) groups excluding carboxylic acids is 2. The Hall–Kier alpha value is -3.55. The van der Waals surface area contributed by atoms with Crippen LogP contribution in [0, 0.1) is 30.9 Å². The van der Waals surface area contributed by atoms with Crippen molar-refractivity contribution in [2.75, 3.05) is 5.32 Å². The molecular formula is C18H17F3N6O4S. The first-order valence-electron chi connectivity index (χ1n) is 9.10. The highest BCUT2D eigenvalue weighted by atomic mass is 32.1. The van der Waals surface area contributed by atoms with Crippen molar-refractivity contribution in [2.45, 2.75) is 39.9 Å². The van der Waals surface area contributed by atoms with E-state index in [1.165, 1.54) is 25.5 Å². The molecular weight excluding hydrogens is 453 g/mol. The number of nitrogens with one attached hydrogen (secondary N) is 1. The number of aryl methyl sites for hydroxylation is 3. The van der Waals surface area contributed by atoms with Gasteiger partial charge in [-0.1, -0.05) is 0 Å². The summed E-state index contributed by atoms with van der Waals surface area (Å²) in [4.78, 5) is 38.3. The van der Waals surface area contributed by atoms with Crippen molar-refractivity contribution in [1.29, 1.82) is 0 Å². The highest BCUT2D eigenvalue weighted by molar-refractivity contribution is 7.21. The topological polar surface area (TPSA) is 146 Å². The van der Waals surface area contributed by atoms with Crippen molar-refractivity contribution in [3.63, 3.8) is 0 Å². The Morgan fingerprint density at radius 3 is 2.50 bits per heavy atom. The van der Waals surface area contributed by atoms with Crippen LogP contribution in [0.2, 0.25) is 0 Å². The van der Waals surface area contributed by atoms with Crippen LogP contribution in [0.15, 0.2) is 6.07 Å². The molecule has 0 fully saturated rings. The van der Waals surface area contributed by atoms with E-state index >= 15 is 0 Å². The number of rotatable bonds is 6. The van der Waals surface area contributed by atoms with Gasteiger partial charge in [-0.15, -0.1) is 11.3 Å². The van der Waals surface area contributed by atoms with Crippen LogP contribution >= 0.6 is 11.3 Å². The quantitative estimate of drug-likeness (QED) is 0.417. The van der Waals surface area contributed by atoms with Gasteiger partial charge in [0.1, 0.15) is 26.8 Å². The summed E-state index contributed by atoms with van der Waals surface area (Å²) < 4.78 is 40.5. The van der Waals surface area contributed by atoms with Crippen molar-refractivity contribution >= 4 is 44.7 Å². The number of hydrogen-bond donors (Lipinski definition) is 2. The fourth-order valence-electron chi connectivity index (χ4n) is 3.30. The lowest BCUT2D eigenvalue weighted by Gasteiger charge is -2.10. The van der Waals surface area contributed by atoms with Crippen LogP contribution in [0.4, 0.5) is 24.5 Å². The Balaban J connectivity index is 1.90. The predicted molar refractivity (Wildman–Crippen MR) is 109 cm³/mol. The molecule has 0 saturated heterocycles. The molecule has 3 heterocycles. The molecule has 10 nitrogen and oxygen atoms in total. The second kappa shape index (κ2) is 8.18. The molecule has 32 heavy (non-hydrogen) atoms. The average molecular weight is 470 g/mol. The summed E-state index contributed by atoms with van der Waals surface area (Å²) in [7, 11) is 0. The van der Waals surface area contributed by atoms with E-state index in [1.807, 2.05) is 0 Å². The van der Waals surface area contributed by atoms with Crippen LogP contribution in [0.3, 0.4) is 0 Å². The number of halogens is 3. The van der Waals surface area contributed by atoms with E-state index in [0.29, 0.717) is 11.3 Å². The highest BCUT2D eigenvalue weighted by Crippen LogP contribution is 2.39. The zero-order valence-corrected chi connectivity index (χ0v) is 17.8. The maximum atomic E-state index is 13.1. The van der Waals surface area contributed by atoms with Gasteiger partial charge in [-0.2, -0.15) is 18.3 Å². The molecule has 0 spiro atoms. The molecule has 170 valence electrons. The number of thiophene rings is 1. The summed E-state index contributed by atoms with van der Waals surface area (Å²) in [6, 6.07) is 0.824. The number of nitrogens with two attached hydrogens (primary N) is 1. The van der Waals surface area contributed by atoms with E-state index in [9.17, 15) is 32.9 Å². The van der Waals surface area contributed by atoms with Gasteiger partial charge in [0.2, 0.25) is 5.91 Å². The molecule has 14 heteroatoms. The lowest BCUT2D eigenvalue weighted by atomic mass is 10.1. The van der Waals surface area contributed by atoms with E-state index in [4.69, 9.17) is 5.73 Å². The smallest absolute Gasteiger partial charge is 0.365 e. The van der Waals surface area contributed by atoms with Gasteiger partial charge in [-0.25, -0.2) is 4.98 Å². The van der Waals surface area contributed by atoms with Gasteiger partial charge in [0.15, 0.2) is 0 Å². The number of pyridine rings is 1. The number of hydrogen-bond acceptors (Lipinski definition) is 7. The van der Waals surface area contributed by atoms with Crippen molar-refractivity contribution in [2.24, 2.45) is 5.73 Å². The molecule has 0 aliphatic heterocycles. The van der Waals surface area contributed by atoms with Crippen LogP contribution in [0.5, 0.6) is 0 Å². The maximum absolute atomic E-state index is 13.1. The van der Waals surface area contributed by atoms with Gasteiger partial charge in [-0.05, 0) is 32.4 Å². The van der Waals surface area contributed by atoms with Gasteiger partial charge in [0.05, 0.1) is 17.2 Å². The molecule has 0 saturated carbocycles. The Bertz CT molecular complexity index is 1260. The number of alkyl halides is 3. The van der Waals surface area contributed by atoms with Crippen LogP contribution < -0.4 is 11.1 Å². The SMILES string of the molecule is Cc1nn(CCC(=O)Nc2c(C(N)=O)sc3nc(C(F)(F)F)cc(C)c23)c(C)c1[N+](=O)[O-]. The summed E-state index contributed by atoms with van der Waals surface area (Å²) in [6.07, 6.45) is -4.84. The minimum Gasteiger partial charge on any atom is -0.365 e. The molecule has 0 aliphatic rings. The molecule has 0 bridgehead atoms. The first-order chi connectivity index (χ1) is 14.8. The summed E-state index contributed by atoms with van der Waals surface area (Å²) in [5.74, 6) is -1.51. The molecule has 3 rings (SSSR count). The van der Waals surface area contributed by atoms with E-state index < -0.39 is 28.6 Å². The van der Waals surface area contributed by atoms with E-state index in [2.05, 4.69) is 15.4 Å². The Kier molecular flexibility index (Phi) is 5.91. The third kappa shape index (κ3) is 4.26. The highest BCUT2D eigenvalue weighted by Gasteiger charge is 2.34. The molecule has 0 unspecified atom stereocenters. The molecule has 0 aliphatic carbocycles. The number of anilines is 1. The van der Waals surface area contributed by atoms with E-state index in [1.54, 1.807) is 0 Å². The zero-order valence-electron chi connectivity index (χ0n) is 17.0. The molecule has 0 atom stereocenters. The number of amides is 2. The maximum Gasteiger partial charge on any atom is 0.433 e. The zero-order chi connectivity index (χ0) is 24.0. The molecule has 0 aromatic carbocycles. The first-order valence-corrected chi connectivity index (χ1v) is 9.92. The number of carbonyl (C=O) groups is 2. The number of nitro groups is 1. The van der Waals surface area contributed by atoms with Crippen molar-refractivity contribution in [3.05, 3.63) is 43.7 Å². The number of fused-ring (bicyclic) bond motifs is 1. The Morgan fingerprint density at radius 2 is 1.97 bits per heavy atom. The second-order valence-corrected chi connectivity index (χ2v) is 7.97. The lowest BCUT2D eigenvalue weighted by Crippen LogP contribution is -2.18. The molecule has 0 radical (unpaired) electrons. The molecule has 3 N–H and O–H groups in total. The Morgan fingerprint density at radius 1 is 1.31 bits per heavy atom. The first kappa shape index (κ1) is 23.1. The second-order valence-electron chi connectivity index (χ2n) is 6.97. The lowest BCUT2D eigenvalue weighted by molar-refractivity contribution is -0.386. The van der Waals surface area contributed by atoms with Crippen molar-refractivity contribution < 1.29 is 27.7 Å². The molecule has 2 amide bonds. The number of aromatic nitrogens is 3. The van der Waals surface area contributed by atoms with E-state index in [0.717, 1.165) is 6.07 Å². The van der Waals surface area contributed by atoms with Gasteiger partial charge in [-0.3, -0.25) is 24.4 Å². The predicted octanol–water partition coefficient (Wildman–Crippen LogP) is 3.47. The largest absolute Gasteiger partial charge is 0.433 e. The monoisotopic (exact) mass is 470 g/mol. The average Bonchev–Trinajstić information content (AvgIpc) is 3.16.